The van der Waals surface area contributed by atoms with Crippen LogP contribution in [0.3, 0.4) is 0 Å². The van der Waals surface area contributed by atoms with E-state index in [4.69, 9.17) is 0 Å². The number of imidazole rings is 1. The fourth-order valence-corrected chi connectivity index (χ4v) is 4.32. The summed E-state index contributed by atoms with van der Waals surface area (Å²) in [7, 11) is 0. The molecule has 0 unspecified atom stereocenters. The minimum Gasteiger partial charge on any atom is -0.354 e. The number of amides is 2. The highest BCUT2D eigenvalue weighted by Crippen LogP contribution is 2.30. The molecule has 2 atom stereocenters. The second-order valence-electron chi connectivity index (χ2n) is 7.53. The Hall–Kier alpha value is -3.22. The fraction of sp³-hybridized carbons (Fsp3) is 0.333. The summed E-state index contributed by atoms with van der Waals surface area (Å²) in [4.78, 5) is 35.9. The minimum absolute atomic E-state index is 0.0219. The zero-order valence-electron chi connectivity index (χ0n) is 15.4. The van der Waals surface area contributed by atoms with Gasteiger partial charge in [-0.05, 0) is 24.5 Å². The Morgan fingerprint density at radius 3 is 2.82 bits per heavy atom. The Morgan fingerprint density at radius 2 is 1.96 bits per heavy atom. The Bertz CT molecular complexity index is 1050. The van der Waals surface area contributed by atoms with Crippen molar-refractivity contribution in [2.75, 3.05) is 6.54 Å². The number of pyridine rings is 1. The lowest BCUT2D eigenvalue weighted by atomic mass is 10.1. The van der Waals surface area contributed by atoms with Gasteiger partial charge in [-0.15, -0.1) is 0 Å². The average molecular weight is 375 g/mol. The maximum atomic E-state index is 13.2. The first kappa shape index (κ1) is 16.9. The van der Waals surface area contributed by atoms with E-state index in [1.807, 2.05) is 33.7 Å². The molecule has 2 aromatic heterocycles. The number of aromatic nitrogens is 3. The Kier molecular flexibility index (Phi) is 4.07. The molecule has 0 spiro atoms. The largest absolute Gasteiger partial charge is 0.354 e. The second-order valence-corrected chi connectivity index (χ2v) is 7.53. The summed E-state index contributed by atoms with van der Waals surface area (Å²) >= 11 is 0. The topological polar surface area (TPSA) is 80.1 Å². The molecule has 5 rings (SSSR count). The van der Waals surface area contributed by atoms with E-state index >= 15 is 0 Å². The minimum atomic E-state index is -0.0593. The lowest BCUT2D eigenvalue weighted by molar-refractivity contribution is -0.121. The van der Waals surface area contributed by atoms with Gasteiger partial charge in [0.2, 0.25) is 5.91 Å². The van der Waals surface area contributed by atoms with E-state index in [2.05, 4.69) is 27.4 Å². The summed E-state index contributed by atoms with van der Waals surface area (Å²) in [6.45, 7) is 1.21. The van der Waals surface area contributed by atoms with E-state index in [0.717, 1.165) is 18.5 Å². The molecule has 0 aliphatic carbocycles. The number of hydrogen-bond donors (Lipinski definition) is 1. The molecule has 0 radical (unpaired) electrons. The third-order valence-electron chi connectivity index (χ3n) is 5.71. The lowest BCUT2D eigenvalue weighted by Crippen LogP contribution is -2.42. The molecule has 2 amide bonds. The van der Waals surface area contributed by atoms with Crippen molar-refractivity contribution in [2.45, 2.75) is 37.9 Å². The van der Waals surface area contributed by atoms with Crippen molar-refractivity contribution in [2.24, 2.45) is 0 Å². The molecule has 2 bridgehead atoms. The van der Waals surface area contributed by atoms with E-state index in [-0.39, 0.29) is 23.9 Å². The van der Waals surface area contributed by atoms with Crippen LogP contribution in [0.25, 0.3) is 11.2 Å². The van der Waals surface area contributed by atoms with Gasteiger partial charge in [-0.2, -0.15) is 0 Å². The van der Waals surface area contributed by atoms with Gasteiger partial charge in [0.25, 0.3) is 5.91 Å². The van der Waals surface area contributed by atoms with Gasteiger partial charge < -0.3 is 14.8 Å². The van der Waals surface area contributed by atoms with Crippen LogP contribution in [0.5, 0.6) is 0 Å². The predicted molar refractivity (Wildman–Crippen MR) is 104 cm³/mol. The van der Waals surface area contributed by atoms with E-state index in [9.17, 15) is 9.59 Å². The van der Waals surface area contributed by atoms with Crippen LogP contribution >= 0.6 is 0 Å². The summed E-state index contributed by atoms with van der Waals surface area (Å²) in [6.07, 6.45) is 5.58. The number of nitrogens with one attached hydrogen (secondary N) is 1. The SMILES string of the molecule is O=C1C[C@H]2CC[C@@H](CN1)N2C(=O)c1cnc2c(c1)ncn2Cc1ccccc1. The number of nitrogens with zero attached hydrogens (tertiary/aromatic N) is 4. The first-order valence-electron chi connectivity index (χ1n) is 9.63. The standard InChI is InChI=1S/C21H21N5O2/c27-19-9-16-6-7-17(11-22-19)26(16)21(28)15-8-18-20(23-10-15)25(13-24-18)12-14-4-2-1-3-5-14/h1-5,8,10,13,16-17H,6-7,9,11-12H2,(H,22,27)/t16-,17+/m1/s1. The molecule has 1 aromatic carbocycles. The third-order valence-corrected chi connectivity index (χ3v) is 5.71. The van der Waals surface area contributed by atoms with Crippen molar-refractivity contribution < 1.29 is 9.59 Å². The van der Waals surface area contributed by atoms with E-state index in [1.165, 1.54) is 5.56 Å². The van der Waals surface area contributed by atoms with Crippen LogP contribution in [0.1, 0.15) is 35.2 Å². The number of fused-ring (bicyclic) bond motifs is 3. The summed E-state index contributed by atoms with van der Waals surface area (Å²) in [6, 6.07) is 12.0. The summed E-state index contributed by atoms with van der Waals surface area (Å²) in [5, 5.41) is 2.90. The van der Waals surface area contributed by atoms with Crippen LogP contribution in [0.2, 0.25) is 0 Å². The normalized spacial score (nSPS) is 21.6. The van der Waals surface area contributed by atoms with Crippen molar-refractivity contribution >= 4 is 23.0 Å². The second kappa shape index (κ2) is 6.74. The number of carbonyl (C=O) groups is 2. The van der Waals surface area contributed by atoms with E-state index < -0.39 is 0 Å². The molecular weight excluding hydrogens is 354 g/mol. The van der Waals surface area contributed by atoms with Gasteiger partial charge in [-0.3, -0.25) is 9.59 Å². The maximum absolute atomic E-state index is 13.2. The number of hydrogen-bond acceptors (Lipinski definition) is 4. The third kappa shape index (κ3) is 2.93. The van der Waals surface area contributed by atoms with Crippen molar-refractivity contribution in [3.63, 3.8) is 0 Å². The van der Waals surface area contributed by atoms with Gasteiger partial charge in [0.1, 0.15) is 5.52 Å². The first-order chi connectivity index (χ1) is 13.7. The van der Waals surface area contributed by atoms with Gasteiger partial charge in [0.15, 0.2) is 5.65 Å². The van der Waals surface area contributed by atoms with Gasteiger partial charge in [-0.25, -0.2) is 9.97 Å². The van der Waals surface area contributed by atoms with Crippen LogP contribution in [0.4, 0.5) is 0 Å². The van der Waals surface area contributed by atoms with Gasteiger partial charge in [0.05, 0.1) is 18.4 Å². The van der Waals surface area contributed by atoms with Crippen LogP contribution < -0.4 is 5.32 Å². The molecule has 142 valence electrons. The van der Waals surface area contributed by atoms with Crippen molar-refractivity contribution in [1.82, 2.24) is 24.8 Å². The van der Waals surface area contributed by atoms with E-state index in [0.29, 0.717) is 30.6 Å². The Balaban J connectivity index is 1.42. The quantitative estimate of drug-likeness (QED) is 0.759. The van der Waals surface area contributed by atoms with Gasteiger partial charge >= 0.3 is 0 Å². The lowest BCUT2D eigenvalue weighted by Gasteiger charge is -2.27. The maximum Gasteiger partial charge on any atom is 0.256 e. The van der Waals surface area contributed by atoms with Gasteiger partial charge in [-0.1, -0.05) is 30.3 Å². The highest BCUT2D eigenvalue weighted by molar-refractivity contribution is 5.97. The molecular formula is C21H21N5O2. The highest BCUT2D eigenvalue weighted by Gasteiger charge is 2.40. The molecule has 2 saturated heterocycles. The van der Waals surface area contributed by atoms with E-state index in [1.54, 1.807) is 12.5 Å². The summed E-state index contributed by atoms with van der Waals surface area (Å²) in [5.74, 6) is -0.0331. The molecule has 3 aromatic rings. The van der Waals surface area contributed by atoms with Crippen molar-refractivity contribution in [3.05, 3.63) is 60.0 Å². The average Bonchev–Trinajstić information content (AvgIpc) is 3.25. The number of carbonyl (C=O) groups excluding carboxylic acids is 2. The zero-order valence-corrected chi connectivity index (χ0v) is 15.4. The van der Waals surface area contributed by atoms with Crippen molar-refractivity contribution in [3.8, 4) is 0 Å². The first-order valence-corrected chi connectivity index (χ1v) is 9.63. The molecule has 1 N–H and O–H groups in total. The number of benzene rings is 1. The van der Waals surface area contributed by atoms with Crippen LogP contribution in [-0.2, 0) is 11.3 Å². The molecule has 2 aliphatic rings. The molecule has 4 heterocycles. The molecule has 2 fully saturated rings. The zero-order chi connectivity index (χ0) is 19.1. The van der Waals surface area contributed by atoms with Gasteiger partial charge in [0, 0.05) is 31.2 Å². The van der Waals surface area contributed by atoms with Crippen molar-refractivity contribution in [1.29, 1.82) is 0 Å². The van der Waals surface area contributed by atoms with Crippen LogP contribution in [0, 0.1) is 0 Å². The predicted octanol–water partition coefficient (Wildman–Crippen LogP) is 1.97. The summed E-state index contributed by atoms with van der Waals surface area (Å²) in [5.41, 5.74) is 3.17. The molecule has 28 heavy (non-hydrogen) atoms. The Labute approximate surface area is 162 Å². The molecule has 7 heteroatoms. The fourth-order valence-electron chi connectivity index (χ4n) is 4.32. The molecule has 0 saturated carbocycles. The molecule has 2 aliphatic heterocycles. The summed E-state index contributed by atoms with van der Waals surface area (Å²) < 4.78 is 1.98. The highest BCUT2D eigenvalue weighted by atomic mass is 16.2. The van der Waals surface area contributed by atoms with Crippen LogP contribution in [0.15, 0.2) is 48.9 Å². The Morgan fingerprint density at radius 1 is 1.14 bits per heavy atom. The molecule has 7 nitrogen and oxygen atoms in total. The van der Waals surface area contributed by atoms with Crippen LogP contribution in [-0.4, -0.2) is 49.9 Å². The monoisotopic (exact) mass is 375 g/mol. The smallest absolute Gasteiger partial charge is 0.256 e. The number of rotatable bonds is 3.